The zero-order valence-corrected chi connectivity index (χ0v) is 11.5. The fourth-order valence-electron chi connectivity index (χ4n) is 2.79. The lowest BCUT2D eigenvalue weighted by molar-refractivity contribution is -0.252. The van der Waals surface area contributed by atoms with E-state index in [2.05, 4.69) is 0 Å². The summed E-state index contributed by atoms with van der Waals surface area (Å²) in [5.41, 5.74) is 23.2. The maximum atomic E-state index is 9.81. The Balaban J connectivity index is 1.94. The predicted molar refractivity (Wildman–Crippen MR) is 72.4 cm³/mol. The average Bonchev–Trinajstić information content (AvgIpc) is 2.38. The second-order valence-electron chi connectivity index (χ2n) is 5.79. The molecule has 1 aliphatic heterocycles. The van der Waals surface area contributed by atoms with Gasteiger partial charge >= 0.3 is 0 Å². The van der Waals surface area contributed by atoms with Crippen molar-refractivity contribution in [3.63, 3.8) is 0 Å². The number of rotatable bonds is 3. The van der Waals surface area contributed by atoms with Crippen LogP contribution in [-0.4, -0.2) is 65.6 Å². The van der Waals surface area contributed by atoms with Crippen molar-refractivity contribution in [2.75, 3.05) is 6.54 Å². The van der Waals surface area contributed by atoms with Gasteiger partial charge in [0.2, 0.25) is 0 Å². The van der Waals surface area contributed by atoms with Crippen molar-refractivity contribution in [3.05, 3.63) is 0 Å². The van der Waals surface area contributed by atoms with Gasteiger partial charge in [0.15, 0.2) is 6.29 Å². The molecular formula is C12H26N4O4. The molecule has 2 rings (SSSR count). The first-order valence-corrected chi connectivity index (χ1v) is 7.06. The summed E-state index contributed by atoms with van der Waals surface area (Å²) in [6.07, 6.45) is -1.67. The highest BCUT2D eigenvalue weighted by Gasteiger charge is 2.40. The van der Waals surface area contributed by atoms with Crippen molar-refractivity contribution in [1.82, 2.24) is 0 Å². The van der Waals surface area contributed by atoms with Crippen LogP contribution in [0.4, 0.5) is 0 Å². The molecule has 8 nitrogen and oxygen atoms in total. The fraction of sp³-hybridized carbons (Fsp3) is 1.00. The van der Waals surface area contributed by atoms with Crippen LogP contribution in [0, 0.1) is 0 Å². The molecule has 2 fully saturated rings. The second kappa shape index (κ2) is 6.63. The quantitative estimate of drug-likeness (QED) is 0.319. The maximum absolute atomic E-state index is 9.81. The summed E-state index contributed by atoms with van der Waals surface area (Å²) in [7, 11) is 0. The van der Waals surface area contributed by atoms with Crippen LogP contribution in [0.1, 0.15) is 19.3 Å². The van der Waals surface area contributed by atoms with Crippen LogP contribution in [0.3, 0.4) is 0 Å². The summed E-state index contributed by atoms with van der Waals surface area (Å²) in [6.45, 7) is 0.192. The summed E-state index contributed by atoms with van der Waals surface area (Å²) in [5, 5.41) is 19.6. The van der Waals surface area contributed by atoms with E-state index in [0.29, 0.717) is 19.3 Å². The minimum atomic E-state index is -0.686. The molecule has 118 valence electrons. The normalized spacial score (nSPS) is 50.1. The van der Waals surface area contributed by atoms with Crippen LogP contribution in [-0.2, 0) is 9.47 Å². The highest BCUT2D eigenvalue weighted by molar-refractivity contribution is 4.92. The molecule has 1 saturated carbocycles. The van der Waals surface area contributed by atoms with Crippen LogP contribution in [0.25, 0.3) is 0 Å². The molecule has 0 aromatic rings. The molecule has 2 aliphatic rings. The van der Waals surface area contributed by atoms with Gasteiger partial charge in [0.1, 0.15) is 0 Å². The minimum absolute atomic E-state index is 0.192. The number of nitrogens with two attached hydrogens (primary N) is 4. The molecule has 0 bridgehead atoms. The lowest BCUT2D eigenvalue weighted by Crippen LogP contribution is -2.59. The molecule has 0 radical (unpaired) electrons. The Morgan fingerprint density at radius 2 is 1.65 bits per heavy atom. The first-order valence-electron chi connectivity index (χ1n) is 7.06. The first-order chi connectivity index (χ1) is 9.42. The minimum Gasteiger partial charge on any atom is -0.391 e. The van der Waals surface area contributed by atoms with Crippen LogP contribution in [0.15, 0.2) is 0 Å². The van der Waals surface area contributed by atoms with E-state index >= 15 is 0 Å². The number of ether oxygens (including phenoxy) is 2. The Hall–Kier alpha value is -0.320. The van der Waals surface area contributed by atoms with E-state index in [-0.39, 0.29) is 24.7 Å². The van der Waals surface area contributed by atoms with Gasteiger partial charge in [0.05, 0.1) is 30.5 Å². The lowest BCUT2D eigenvalue weighted by Gasteiger charge is -2.42. The molecule has 0 amide bonds. The van der Waals surface area contributed by atoms with E-state index in [1.54, 1.807) is 0 Å². The number of aliphatic hydroxyl groups excluding tert-OH is 2. The van der Waals surface area contributed by atoms with Gasteiger partial charge in [-0.3, -0.25) is 0 Å². The van der Waals surface area contributed by atoms with Crippen molar-refractivity contribution in [2.24, 2.45) is 22.9 Å². The van der Waals surface area contributed by atoms with E-state index in [1.165, 1.54) is 0 Å². The third-order valence-corrected chi connectivity index (χ3v) is 4.13. The summed E-state index contributed by atoms with van der Waals surface area (Å²) < 4.78 is 11.4. The van der Waals surface area contributed by atoms with Gasteiger partial charge < -0.3 is 42.6 Å². The van der Waals surface area contributed by atoms with Crippen molar-refractivity contribution in [3.8, 4) is 0 Å². The van der Waals surface area contributed by atoms with Crippen LogP contribution in [0.5, 0.6) is 0 Å². The molecule has 0 aromatic heterocycles. The van der Waals surface area contributed by atoms with E-state index in [1.807, 2.05) is 0 Å². The highest BCUT2D eigenvalue weighted by atomic mass is 16.7. The molecule has 0 aromatic carbocycles. The third kappa shape index (κ3) is 3.46. The molecule has 1 aliphatic carbocycles. The van der Waals surface area contributed by atoms with Gasteiger partial charge in [-0.05, 0) is 12.8 Å². The zero-order valence-electron chi connectivity index (χ0n) is 11.5. The van der Waals surface area contributed by atoms with Crippen molar-refractivity contribution < 1.29 is 19.7 Å². The first kappa shape index (κ1) is 16.1. The Morgan fingerprint density at radius 1 is 0.950 bits per heavy atom. The van der Waals surface area contributed by atoms with E-state index in [9.17, 15) is 10.2 Å². The largest absolute Gasteiger partial charge is 0.391 e. The Bertz CT molecular complexity index is 322. The van der Waals surface area contributed by atoms with Crippen molar-refractivity contribution >= 4 is 0 Å². The summed E-state index contributed by atoms with van der Waals surface area (Å²) in [6, 6.07) is -1.05. The molecule has 0 spiro atoms. The standard InChI is InChI=1S/C12H26N4O4/c13-4-11-9(18)2-7(16)12(20-11)19-10-3-8(17)5(14)1-6(10)15/h5-12,17-18H,1-4,13-16H2. The average molecular weight is 290 g/mol. The zero-order chi connectivity index (χ0) is 14.9. The molecule has 1 heterocycles. The monoisotopic (exact) mass is 290 g/mol. The fourth-order valence-corrected chi connectivity index (χ4v) is 2.79. The molecule has 10 N–H and O–H groups in total. The lowest BCUT2D eigenvalue weighted by atomic mass is 9.87. The van der Waals surface area contributed by atoms with Crippen molar-refractivity contribution in [2.45, 2.75) is 68.1 Å². The van der Waals surface area contributed by atoms with Crippen LogP contribution >= 0.6 is 0 Å². The Labute approximate surface area is 118 Å². The van der Waals surface area contributed by atoms with Crippen LogP contribution < -0.4 is 22.9 Å². The summed E-state index contributed by atoms with van der Waals surface area (Å²) in [5.74, 6) is 0. The molecular weight excluding hydrogens is 264 g/mol. The topological polar surface area (TPSA) is 163 Å². The van der Waals surface area contributed by atoms with Gasteiger partial charge in [0.25, 0.3) is 0 Å². The number of hydrogen-bond donors (Lipinski definition) is 6. The molecule has 1 saturated heterocycles. The van der Waals surface area contributed by atoms with Gasteiger partial charge in [-0.1, -0.05) is 0 Å². The van der Waals surface area contributed by atoms with Gasteiger partial charge in [-0.25, -0.2) is 0 Å². The number of aliphatic hydroxyl groups is 2. The van der Waals surface area contributed by atoms with Gasteiger partial charge in [0, 0.05) is 25.0 Å². The van der Waals surface area contributed by atoms with Crippen LogP contribution in [0.2, 0.25) is 0 Å². The number of hydrogen-bond acceptors (Lipinski definition) is 8. The van der Waals surface area contributed by atoms with E-state index < -0.39 is 30.6 Å². The Morgan fingerprint density at radius 3 is 2.30 bits per heavy atom. The molecule has 20 heavy (non-hydrogen) atoms. The van der Waals surface area contributed by atoms with E-state index in [0.717, 1.165) is 0 Å². The Kier molecular flexibility index (Phi) is 5.32. The maximum Gasteiger partial charge on any atom is 0.173 e. The van der Waals surface area contributed by atoms with E-state index in [4.69, 9.17) is 32.4 Å². The third-order valence-electron chi connectivity index (χ3n) is 4.13. The predicted octanol–water partition coefficient (Wildman–Crippen LogP) is -3.06. The SMILES string of the molecule is NCC1OC(OC2CC(O)C(N)CC2N)C(N)CC1O. The smallest absolute Gasteiger partial charge is 0.173 e. The van der Waals surface area contributed by atoms with Gasteiger partial charge in [-0.2, -0.15) is 0 Å². The molecule has 8 atom stereocenters. The van der Waals surface area contributed by atoms with Gasteiger partial charge in [-0.15, -0.1) is 0 Å². The molecule has 8 heteroatoms. The van der Waals surface area contributed by atoms with Crippen molar-refractivity contribution in [1.29, 1.82) is 0 Å². The second-order valence-corrected chi connectivity index (χ2v) is 5.79. The molecule has 8 unspecified atom stereocenters. The summed E-state index contributed by atoms with van der Waals surface area (Å²) >= 11 is 0. The highest BCUT2D eigenvalue weighted by Crippen LogP contribution is 2.26. The summed E-state index contributed by atoms with van der Waals surface area (Å²) in [4.78, 5) is 0.